The predicted octanol–water partition coefficient (Wildman–Crippen LogP) is 6.69. The van der Waals surface area contributed by atoms with E-state index in [-0.39, 0.29) is 0 Å². The minimum absolute atomic E-state index is 0.345. The Kier molecular flexibility index (Phi) is 14.1. The summed E-state index contributed by atoms with van der Waals surface area (Å²) >= 11 is 3.42. The minimum atomic E-state index is -1.52. The Balaban J connectivity index is 0.000000127. The molecule has 6 aromatic rings. The largest absolute Gasteiger partial charge is 0.492 e. The summed E-state index contributed by atoms with van der Waals surface area (Å²) in [6.45, 7) is 11.2. The van der Waals surface area contributed by atoms with E-state index >= 15 is 0 Å². The molecule has 4 aromatic heterocycles. The molecule has 18 heteroatoms. The number of nitrogens with zero attached hydrogens (tertiary/aromatic N) is 8. The first-order chi connectivity index (χ1) is 32.4. The van der Waals surface area contributed by atoms with Crippen molar-refractivity contribution < 1.29 is 37.8 Å². The molecule has 348 valence electrons. The minimum Gasteiger partial charge on any atom is -0.487 e. The lowest BCUT2D eigenvalue weighted by Crippen LogP contribution is -2.46. The van der Waals surface area contributed by atoms with Gasteiger partial charge in [-0.25, -0.2) is 9.97 Å². The van der Waals surface area contributed by atoms with E-state index in [1.165, 1.54) is 90.4 Å². The number of ether oxygens (including phenoxy) is 4. The van der Waals surface area contributed by atoms with Gasteiger partial charge >= 0.3 is 7.12 Å². The first-order valence-electron chi connectivity index (χ1n) is 23.7. The zero-order valence-electron chi connectivity index (χ0n) is 37.4. The molecule has 2 aromatic carbocycles. The molecule has 4 saturated heterocycles. The van der Waals surface area contributed by atoms with Gasteiger partial charge in [-0.15, -0.1) is 0 Å². The summed E-state index contributed by atoms with van der Waals surface area (Å²) in [5.74, 6) is 2.55. The van der Waals surface area contributed by atoms with E-state index in [9.17, 15) is 0 Å². The third kappa shape index (κ3) is 10.2. The number of aromatic nitrogens is 4. The Morgan fingerprint density at radius 2 is 1.06 bits per heavy atom. The van der Waals surface area contributed by atoms with Crippen LogP contribution < -0.4 is 34.2 Å². The maximum atomic E-state index is 9.00. The number of anilines is 2. The van der Waals surface area contributed by atoms with E-state index in [1.807, 2.05) is 36.5 Å². The van der Waals surface area contributed by atoms with Crippen LogP contribution in [-0.2, 0) is 0 Å². The third-order valence-corrected chi connectivity index (χ3v) is 13.9. The monoisotopic (exact) mass is 964 g/mol. The highest BCUT2D eigenvalue weighted by molar-refractivity contribution is 9.10. The van der Waals surface area contributed by atoms with Crippen molar-refractivity contribution in [2.75, 3.05) is 88.6 Å². The summed E-state index contributed by atoms with van der Waals surface area (Å²) < 4.78 is 35.1. The van der Waals surface area contributed by atoms with Crippen molar-refractivity contribution in [1.82, 2.24) is 29.7 Å². The molecule has 0 spiro atoms. The van der Waals surface area contributed by atoms with Gasteiger partial charge in [0.1, 0.15) is 26.4 Å². The Labute approximate surface area is 393 Å². The standard InChI is InChI=1S/C24H28N4O3.C16H21BrN4O.C8H9BO4/c1-2-9-27(10-3-1)18-7-11-28(12-8-18)24-26-23-21(31-24)15-17(16-25-23)19-5-4-6-20-22(19)30-14-13-29-20;17-12-10-14-15(18-11-12)19-16(22-14)21-8-4-13(5-9-21)20-6-2-1-3-7-20;10-9(11)6-2-1-3-7-8(6)13-5-4-12-7/h4-6,15-16,18H,1-3,7-14H2;10-11,13H,1-9H2;1-3,10-11H,4-5H2. The Bertz CT molecular complexity index is 2550. The Hall–Kier alpha value is -5.14. The highest BCUT2D eigenvalue weighted by Crippen LogP contribution is 2.41. The number of hydrogen-bond donors (Lipinski definition) is 2. The average molecular weight is 966 g/mol. The van der Waals surface area contributed by atoms with Gasteiger partial charge in [-0.05, 0) is 112 Å². The summed E-state index contributed by atoms with van der Waals surface area (Å²) in [5, 5.41) is 18.0. The van der Waals surface area contributed by atoms with Crippen molar-refractivity contribution in [3.8, 4) is 34.1 Å². The van der Waals surface area contributed by atoms with Crippen LogP contribution >= 0.6 is 15.9 Å². The zero-order valence-corrected chi connectivity index (χ0v) is 38.9. The van der Waals surface area contributed by atoms with E-state index in [0.29, 0.717) is 72.3 Å². The lowest BCUT2D eigenvalue weighted by molar-refractivity contribution is 0.140. The number of rotatable bonds is 6. The van der Waals surface area contributed by atoms with Gasteiger partial charge in [0.25, 0.3) is 12.0 Å². The fraction of sp³-hybridized carbons (Fsp3) is 0.500. The van der Waals surface area contributed by atoms with Crippen molar-refractivity contribution in [2.45, 2.75) is 76.3 Å². The number of para-hydroxylation sites is 2. The van der Waals surface area contributed by atoms with E-state index in [4.69, 9.17) is 37.8 Å². The molecule has 0 aliphatic carbocycles. The van der Waals surface area contributed by atoms with Crippen molar-refractivity contribution in [2.24, 2.45) is 0 Å². The van der Waals surface area contributed by atoms with E-state index in [2.05, 4.69) is 55.5 Å². The molecule has 0 saturated carbocycles. The van der Waals surface area contributed by atoms with Crippen LogP contribution in [0.25, 0.3) is 33.6 Å². The molecular weight excluding hydrogens is 907 g/mol. The molecular formula is C48H58BBrN8O8. The second-order valence-corrected chi connectivity index (χ2v) is 18.6. The van der Waals surface area contributed by atoms with Gasteiger partial charge in [-0.3, -0.25) is 0 Å². The molecule has 0 bridgehead atoms. The van der Waals surface area contributed by atoms with Crippen molar-refractivity contribution in [3.63, 3.8) is 0 Å². The molecule has 0 unspecified atom stereocenters. The van der Waals surface area contributed by atoms with Crippen LogP contribution in [0, 0.1) is 0 Å². The van der Waals surface area contributed by atoms with Crippen LogP contribution in [0.4, 0.5) is 12.0 Å². The molecule has 0 amide bonds. The molecule has 6 aliphatic rings. The van der Waals surface area contributed by atoms with Gasteiger partial charge in [-0.1, -0.05) is 37.1 Å². The summed E-state index contributed by atoms with van der Waals surface area (Å²) in [7, 11) is -1.52. The highest BCUT2D eigenvalue weighted by Gasteiger charge is 2.30. The van der Waals surface area contributed by atoms with Crippen LogP contribution in [-0.4, -0.2) is 138 Å². The van der Waals surface area contributed by atoms with Crippen LogP contribution in [0.1, 0.15) is 64.2 Å². The maximum Gasteiger partial charge on any atom is 0.492 e. The normalized spacial score (nSPS) is 19.5. The second kappa shape index (κ2) is 20.8. The lowest BCUT2D eigenvalue weighted by atomic mass is 9.79. The van der Waals surface area contributed by atoms with Gasteiger partial charge in [0.15, 0.2) is 34.2 Å². The molecule has 10 heterocycles. The SMILES string of the molecule is Brc1cnc2nc(N3CCC(N4CCCCC4)CC3)oc2c1.OB(O)c1cccc2c1OCCO2.c1cc2c(c(-c3cnc4nc(N5CCC(N6CCCCC6)CC5)oc4c3)c1)OCCO2. The number of oxazole rings is 2. The van der Waals surface area contributed by atoms with E-state index in [0.717, 1.165) is 70.9 Å². The molecule has 16 nitrogen and oxygen atoms in total. The van der Waals surface area contributed by atoms with Crippen LogP contribution in [0.2, 0.25) is 0 Å². The molecule has 2 N–H and O–H groups in total. The molecule has 0 radical (unpaired) electrons. The van der Waals surface area contributed by atoms with Crippen LogP contribution in [0.15, 0.2) is 74.2 Å². The molecule has 4 fully saturated rings. The molecule has 66 heavy (non-hydrogen) atoms. The number of likely N-dealkylation sites (tertiary alicyclic amines) is 2. The predicted molar refractivity (Wildman–Crippen MR) is 256 cm³/mol. The lowest BCUT2D eigenvalue weighted by Gasteiger charge is -2.39. The van der Waals surface area contributed by atoms with Gasteiger partial charge in [0, 0.05) is 77.8 Å². The van der Waals surface area contributed by atoms with Crippen molar-refractivity contribution in [1.29, 1.82) is 0 Å². The third-order valence-electron chi connectivity index (χ3n) is 13.5. The summed E-state index contributed by atoms with van der Waals surface area (Å²) in [5.41, 5.74) is 5.06. The van der Waals surface area contributed by atoms with Crippen molar-refractivity contribution >= 4 is 63.0 Å². The van der Waals surface area contributed by atoms with Crippen LogP contribution in [0.3, 0.4) is 0 Å². The van der Waals surface area contributed by atoms with Gasteiger partial charge in [0.2, 0.25) is 11.3 Å². The van der Waals surface area contributed by atoms with Crippen LogP contribution in [0.5, 0.6) is 23.0 Å². The van der Waals surface area contributed by atoms with Gasteiger partial charge in [0.05, 0.1) is 0 Å². The highest BCUT2D eigenvalue weighted by atomic mass is 79.9. The Morgan fingerprint density at radius 3 is 1.64 bits per heavy atom. The quantitative estimate of drug-likeness (QED) is 0.169. The summed E-state index contributed by atoms with van der Waals surface area (Å²) in [6, 6.07) is 17.8. The molecule has 0 atom stereocenters. The number of benzene rings is 2. The summed E-state index contributed by atoms with van der Waals surface area (Å²) in [6.07, 6.45) is 16.6. The van der Waals surface area contributed by atoms with Crippen molar-refractivity contribution in [3.05, 3.63) is 65.4 Å². The molecule has 12 rings (SSSR count). The van der Waals surface area contributed by atoms with Gasteiger partial charge < -0.3 is 57.4 Å². The zero-order chi connectivity index (χ0) is 44.8. The van der Waals surface area contributed by atoms with E-state index < -0.39 is 7.12 Å². The van der Waals surface area contributed by atoms with Gasteiger partial charge in [-0.2, -0.15) is 9.97 Å². The fourth-order valence-corrected chi connectivity index (χ4v) is 10.3. The first kappa shape index (κ1) is 44.7. The number of fused-ring (bicyclic) bond motifs is 4. The second-order valence-electron chi connectivity index (χ2n) is 17.7. The number of halogens is 1. The molecule has 6 aliphatic heterocycles. The maximum absolute atomic E-state index is 9.00. The summed E-state index contributed by atoms with van der Waals surface area (Å²) in [4.78, 5) is 28.0. The topological polar surface area (TPSA) is 168 Å². The smallest absolute Gasteiger partial charge is 0.487 e. The number of pyridine rings is 2. The average Bonchev–Trinajstić information content (AvgIpc) is 4.01. The van der Waals surface area contributed by atoms with E-state index in [1.54, 1.807) is 24.4 Å². The Morgan fingerprint density at radius 1 is 0.561 bits per heavy atom. The number of hydrogen-bond acceptors (Lipinski definition) is 16. The first-order valence-corrected chi connectivity index (χ1v) is 24.5. The fourth-order valence-electron chi connectivity index (χ4n) is 10.0. The number of piperidine rings is 4.